The van der Waals surface area contributed by atoms with E-state index in [-0.39, 0.29) is 6.42 Å². The van der Waals surface area contributed by atoms with E-state index in [1.54, 1.807) is 36.8 Å². The fraction of sp³-hybridized carbons (Fsp3) is 0.200. The number of nitrogens with zero attached hydrogens (tertiary/aromatic N) is 2. The van der Waals surface area contributed by atoms with Gasteiger partial charge in [0.1, 0.15) is 11.5 Å². The monoisotopic (exact) mass is 318 g/mol. The van der Waals surface area contributed by atoms with Gasteiger partial charge in [0.05, 0.1) is 32.0 Å². The fourth-order valence-corrected chi connectivity index (χ4v) is 3.09. The lowest BCUT2D eigenvalue weighted by atomic mass is 10.1. The molecule has 2 aromatic heterocycles. The Morgan fingerprint density at radius 2 is 2.18 bits per heavy atom. The van der Waals surface area contributed by atoms with Crippen LogP contribution < -0.4 is 9.47 Å². The van der Waals surface area contributed by atoms with E-state index in [0.29, 0.717) is 28.5 Å². The number of thiazole rings is 1. The second-order valence-corrected chi connectivity index (χ2v) is 5.47. The first-order valence-electron chi connectivity index (χ1n) is 6.52. The average Bonchev–Trinajstić information content (AvgIpc) is 3.09. The van der Waals surface area contributed by atoms with Crippen molar-refractivity contribution in [1.29, 1.82) is 0 Å². The van der Waals surface area contributed by atoms with Gasteiger partial charge >= 0.3 is 5.97 Å². The highest BCUT2D eigenvalue weighted by atomic mass is 32.1. The van der Waals surface area contributed by atoms with Crippen LogP contribution in [0.5, 0.6) is 11.5 Å². The van der Waals surface area contributed by atoms with E-state index in [2.05, 4.69) is 4.98 Å². The van der Waals surface area contributed by atoms with Crippen LogP contribution in [0.15, 0.2) is 29.8 Å². The van der Waals surface area contributed by atoms with E-state index >= 15 is 0 Å². The maximum atomic E-state index is 11.2. The van der Waals surface area contributed by atoms with Crippen molar-refractivity contribution in [3.63, 3.8) is 0 Å². The Hall–Kier alpha value is -2.54. The Labute approximate surface area is 130 Å². The molecule has 0 radical (unpaired) electrons. The number of carboxylic acid groups (broad SMARTS) is 1. The molecule has 0 fully saturated rings. The number of fused-ring (bicyclic) bond motifs is 1. The molecule has 0 spiro atoms. The molecule has 0 aliphatic carbocycles. The number of aliphatic carboxylic acids is 1. The van der Waals surface area contributed by atoms with Crippen molar-refractivity contribution in [1.82, 2.24) is 9.38 Å². The lowest BCUT2D eigenvalue weighted by molar-refractivity contribution is -0.136. The van der Waals surface area contributed by atoms with E-state index in [1.807, 2.05) is 11.6 Å². The van der Waals surface area contributed by atoms with Crippen LogP contribution in [0.4, 0.5) is 0 Å². The molecular weight excluding hydrogens is 304 g/mol. The zero-order valence-corrected chi connectivity index (χ0v) is 12.9. The third kappa shape index (κ3) is 2.39. The standard InChI is InChI=1S/C15H14N2O4S/c1-20-9-3-4-12(21-2)10(7-9)14-11(8-13(18)19)17-5-6-22-15(17)16-14/h3-7H,8H2,1-2H3,(H,18,19). The van der Waals surface area contributed by atoms with Crippen LogP contribution in [0.1, 0.15) is 5.69 Å². The number of hydrogen-bond acceptors (Lipinski definition) is 5. The summed E-state index contributed by atoms with van der Waals surface area (Å²) in [7, 11) is 3.15. The number of carbonyl (C=O) groups is 1. The van der Waals surface area contributed by atoms with E-state index in [4.69, 9.17) is 9.47 Å². The maximum absolute atomic E-state index is 11.2. The Morgan fingerprint density at radius 1 is 1.36 bits per heavy atom. The SMILES string of the molecule is COc1ccc(OC)c(-c2nc3sccn3c2CC(=O)O)c1. The highest BCUT2D eigenvalue weighted by Gasteiger charge is 2.20. The molecule has 0 unspecified atom stereocenters. The van der Waals surface area contributed by atoms with Gasteiger partial charge in [0, 0.05) is 17.1 Å². The maximum Gasteiger partial charge on any atom is 0.309 e. The molecule has 0 amide bonds. The molecule has 6 nitrogen and oxygen atoms in total. The minimum absolute atomic E-state index is 0.117. The number of ether oxygens (including phenoxy) is 2. The summed E-state index contributed by atoms with van der Waals surface area (Å²) in [4.78, 5) is 16.5. The largest absolute Gasteiger partial charge is 0.497 e. The fourth-order valence-electron chi connectivity index (χ4n) is 2.36. The van der Waals surface area contributed by atoms with Crippen LogP contribution in [-0.4, -0.2) is 34.7 Å². The lowest BCUT2D eigenvalue weighted by Gasteiger charge is -2.10. The molecule has 1 aromatic carbocycles. The van der Waals surface area contributed by atoms with Gasteiger partial charge in [-0.05, 0) is 18.2 Å². The minimum atomic E-state index is -0.906. The number of aromatic nitrogens is 2. The highest BCUT2D eigenvalue weighted by Crippen LogP contribution is 2.36. The molecular formula is C15H14N2O4S. The molecule has 0 atom stereocenters. The van der Waals surface area contributed by atoms with Crippen LogP contribution in [0, 0.1) is 0 Å². The van der Waals surface area contributed by atoms with E-state index in [9.17, 15) is 9.90 Å². The minimum Gasteiger partial charge on any atom is -0.497 e. The quantitative estimate of drug-likeness (QED) is 0.783. The van der Waals surface area contributed by atoms with Crippen molar-refractivity contribution in [2.75, 3.05) is 14.2 Å². The van der Waals surface area contributed by atoms with Crippen molar-refractivity contribution in [2.24, 2.45) is 0 Å². The van der Waals surface area contributed by atoms with Crippen LogP contribution >= 0.6 is 11.3 Å². The second-order valence-electron chi connectivity index (χ2n) is 4.60. The smallest absolute Gasteiger partial charge is 0.309 e. The summed E-state index contributed by atoms with van der Waals surface area (Å²) in [6, 6.07) is 5.38. The number of rotatable bonds is 5. The van der Waals surface area contributed by atoms with Gasteiger partial charge in [0.2, 0.25) is 0 Å². The molecule has 7 heteroatoms. The molecule has 3 rings (SSSR count). The molecule has 0 aliphatic rings. The summed E-state index contributed by atoms with van der Waals surface area (Å²) < 4.78 is 12.4. The second kappa shape index (κ2) is 5.69. The van der Waals surface area contributed by atoms with Gasteiger partial charge in [-0.25, -0.2) is 4.98 Å². The first-order valence-corrected chi connectivity index (χ1v) is 7.40. The summed E-state index contributed by atoms with van der Waals surface area (Å²) >= 11 is 1.45. The number of methoxy groups -OCH3 is 2. The van der Waals surface area contributed by atoms with E-state index in [0.717, 1.165) is 4.96 Å². The van der Waals surface area contributed by atoms with Crippen molar-refractivity contribution in [3.05, 3.63) is 35.5 Å². The van der Waals surface area contributed by atoms with Gasteiger partial charge in [-0.15, -0.1) is 11.3 Å². The number of carboxylic acids is 1. The Balaban J connectivity index is 2.24. The first kappa shape index (κ1) is 14.4. The van der Waals surface area contributed by atoms with Gasteiger partial charge < -0.3 is 14.6 Å². The number of imidazole rings is 1. The molecule has 22 heavy (non-hydrogen) atoms. The van der Waals surface area contributed by atoms with E-state index < -0.39 is 5.97 Å². The number of hydrogen-bond donors (Lipinski definition) is 1. The molecule has 3 aromatic rings. The van der Waals surface area contributed by atoms with Crippen LogP contribution in [0.25, 0.3) is 16.2 Å². The molecule has 1 N–H and O–H groups in total. The highest BCUT2D eigenvalue weighted by molar-refractivity contribution is 7.15. The summed E-state index contributed by atoms with van der Waals surface area (Å²) in [5, 5.41) is 11.1. The molecule has 0 bridgehead atoms. The normalized spacial score (nSPS) is 10.8. The zero-order valence-electron chi connectivity index (χ0n) is 12.1. The predicted molar refractivity (Wildman–Crippen MR) is 82.9 cm³/mol. The molecule has 0 saturated heterocycles. The Bertz CT molecular complexity index is 837. The van der Waals surface area contributed by atoms with Gasteiger partial charge in [-0.3, -0.25) is 9.20 Å². The predicted octanol–water partition coefficient (Wildman–Crippen LogP) is 2.71. The van der Waals surface area contributed by atoms with Crippen LogP contribution in [0.2, 0.25) is 0 Å². The van der Waals surface area contributed by atoms with Crippen LogP contribution in [-0.2, 0) is 11.2 Å². The third-order valence-electron chi connectivity index (χ3n) is 3.34. The molecule has 0 saturated carbocycles. The number of benzene rings is 1. The summed E-state index contributed by atoms with van der Waals surface area (Å²) in [6.07, 6.45) is 1.70. The average molecular weight is 318 g/mol. The summed E-state index contributed by atoms with van der Waals surface area (Å²) in [5.74, 6) is 0.378. The van der Waals surface area contributed by atoms with Crippen molar-refractivity contribution >= 4 is 22.3 Å². The molecule has 114 valence electrons. The third-order valence-corrected chi connectivity index (χ3v) is 4.10. The zero-order chi connectivity index (χ0) is 15.7. The topological polar surface area (TPSA) is 73.1 Å². The van der Waals surface area contributed by atoms with Gasteiger partial charge in [-0.1, -0.05) is 0 Å². The van der Waals surface area contributed by atoms with Crippen molar-refractivity contribution < 1.29 is 19.4 Å². The van der Waals surface area contributed by atoms with Gasteiger partial charge in [-0.2, -0.15) is 0 Å². The lowest BCUT2D eigenvalue weighted by Crippen LogP contribution is -2.04. The van der Waals surface area contributed by atoms with Crippen LogP contribution in [0.3, 0.4) is 0 Å². The first-order chi connectivity index (χ1) is 10.6. The van der Waals surface area contributed by atoms with E-state index in [1.165, 1.54) is 11.3 Å². The Morgan fingerprint density at radius 3 is 2.86 bits per heavy atom. The Kier molecular flexibility index (Phi) is 3.72. The summed E-state index contributed by atoms with van der Waals surface area (Å²) in [5.41, 5.74) is 1.94. The van der Waals surface area contributed by atoms with Gasteiger partial charge in [0.15, 0.2) is 4.96 Å². The molecule has 0 aliphatic heterocycles. The van der Waals surface area contributed by atoms with Gasteiger partial charge in [0.25, 0.3) is 0 Å². The van der Waals surface area contributed by atoms with Crippen molar-refractivity contribution in [2.45, 2.75) is 6.42 Å². The molecule has 2 heterocycles. The van der Waals surface area contributed by atoms with Crippen molar-refractivity contribution in [3.8, 4) is 22.8 Å². The summed E-state index contributed by atoms with van der Waals surface area (Å²) in [6.45, 7) is 0.